The lowest BCUT2D eigenvalue weighted by Gasteiger charge is -2.25. The first kappa shape index (κ1) is 15.6. The third-order valence-electron chi connectivity index (χ3n) is 4.37. The number of para-hydroxylation sites is 1. The lowest BCUT2D eigenvalue weighted by Crippen LogP contribution is -2.41. The van der Waals surface area contributed by atoms with Gasteiger partial charge in [-0.2, -0.15) is 5.10 Å². The number of nitrogens with zero attached hydrogens (tertiary/aromatic N) is 3. The van der Waals surface area contributed by atoms with Crippen LogP contribution >= 0.6 is 0 Å². The van der Waals surface area contributed by atoms with Gasteiger partial charge in [0.2, 0.25) is 0 Å². The van der Waals surface area contributed by atoms with Crippen molar-refractivity contribution in [2.45, 2.75) is 45.2 Å². The van der Waals surface area contributed by atoms with E-state index < -0.39 is 0 Å². The predicted molar refractivity (Wildman–Crippen MR) is 91.4 cm³/mol. The summed E-state index contributed by atoms with van der Waals surface area (Å²) in [5.74, 6) is 0. The van der Waals surface area contributed by atoms with Crippen LogP contribution in [0.2, 0.25) is 0 Å². The van der Waals surface area contributed by atoms with Gasteiger partial charge >= 0.3 is 6.03 Å². The van der Waals surface area contributed by atoms with Crippen LogP contribution in [-0.2, 0) is 13.0 Å². The third-order valence-corrected chi connectivity index (χ3v) is 4.37. The molecule has 2 heterocycles. The van der Waals surface area contributed by atoms with Gasteiger partial charge in [-0.1, -0.05) is 31.5 Å². The maximum Gasteiger partial charge on any atom is 0.322 e. The van der Waals surface area contributed by atoms with Crippen LogP contribution in [0, 0.1) is 0 Å². The van der Waals surface area contributed by atoms with Crippen molar-refractivity contribution in [3.8, 4) is 0 Å². The minimum atomic E-state index is 0.00297. The molecule has 1 N–H and O–H groups in total. The molecule has 0 unspecified atom stereocenters. The van der Waals surface area contributed by atoms with Gasteiger partial charge in [-0.15, -0.1) is 0 Å². The summed E-state index contributed by atoms with van der Waals surface area (Å²) in [4.78, 5) is 14.6. The number of anilines is 1. The molecule has 0 radical (unpaired) electrons. The monoisotopic (exact) mass is 312 g/mol. The fraction of sp³-hybridized carbons (Fsp3) is 0.444. The van der Waals surface area contributed by atoms with Crippen LogP contribution in [0.4, 0.5) is 10.5 Å². The number of hydrogen-bond acceptors (Lipinski definition) is 2. The zero-order valence-corrected chi connectivity index (χ0v) is 13.6. The first-order valence-electron chi connectivity index (χ1n) is 8.41. The summed E-state index contributed by atoms with van der Waals surface area (Å²) in [6.45, 7) is 3.73. The van der Waals surface area contributed by atoms with Gasteiger partial charge in [0.1, 0.15) is 0 Å². The lowest BCUT2D eigenvalue weighted by atomic mass is 10.1. The molecule has 5 nitrogen and oxygen atoms in total. The van der Waals surface area contributed by atoms with Crippen molar-refractivity contribution in [1.29, 1.82) is 0 Å². The number of likely N-dealkylation sites (tertiary alicyclic amines) is 1. The number of benzene rings is 1. The maximum atomic E-state index is 12.7. The Morgan fingerprint density at radius 2 is 2.22 bits per heavy atom. The standard InChI is InChI=1S/C18H24N4O/c1-2-7-15-8-3-4-10-17(15)20-18(23)22-13-5-9-16(22)14-21-12-6-11-19-21/h3-4,6,8,10-12,16H,2,5,7,9,13-14H2,1H3,(H,20,23)/t16-/m1/s1. The molecule has 1 atom stereocenters. The van der Waals surface area contributed by atoms with Crippen LogP contribution in [0.15, 0.2) is 42.7 Å². The quantitative estimate of drug-likeness (QED) is 0.918. The summed E-state index contributed by atoms with van der Waals surface area (Å²) in [5.41, 5.74) is 2.13. The molecule has 5 heteroatoms. The van der Waals surface area contributed by atoms with Crippen molar-refractivity contribution in [2.24, 2.45) is 0 Å². The van der Waals surface area contributed by atoms with Crippen molar-refractivity contribution in [2.75, 3.05) is 11.9 Å². The maximum absolute atomic E-state index is 12.7. The first-order valence-corrected chi connectivity index (χ1v) is 8.41. The highest BCUT2D eigenvalue weighted by Gasteiger charge is 2.29. The molecule has 1 saturated heterocycles. The predicted octanol–water partition coefficient (Wildman–Crippen LogP) is 3.53. The van der Waals surface area contributed by atoms with Gasteiger partial charge in [-0.05, 0) is 37.0 Å². The van der Waals surface area contributed by atoms with Crippen LogP contribution in [0.5, 0.6) is 0 Å². The Morgan fingerprint density at radius 1 is 1.35 bits per heavy atom. The summed E-state index contributed by atoms with van der Waals surface area (Å²) in [6.07, 6.45) is 7.86. The van der Waals surface area contributed by atoms with Gasteiger partial charge < -0.3 is 10.2 Å². The number of aryl methyl sites for hydroxylation is 1. The topological polar surface area (TPSA) is 50.2 Å². The SMILES string of the molecule is CCCc1ccccc1NC(=O)N1CCC[C@@H]1Cn1cccn1. The average Bonchev–Trinajstić information content (AvgIpc) is 3.22. The van der Waals surface area contributed by atoms with E-state index in [2.05, 4.69) is 23.4 Å². The molecule has 1 aromatic heterocycles. The van der Waals surface area contributed by atoms with Crippen LogP contribution in [0.25, 0.3) is 0 Å². The summed E-state index contributed by atoms with van der Waals surface area (Å²) in [7, 11) is 0. The molecule has 0 saturated carbocycles. The van der Waals surface area contributed by atoms with E-state index in [1.165, 1.54) is 5.56 Å². The highest BCUT2D eigenvalue weighted by Crippen LogP contribution is 2.22. The Morgan fingerprint density at radius 3 is 3.00 bits per heavy atom. The number of urea groups is 1. The van der Waals surface area contributed by atoms with Gasteiger partial charge in [0.05, 0.1) is 12.6 Å². The fourth-order valence-electron chi connectivity index (χ4n) is 3.23. The van der Waals surface area contributed by atoms with E-state index in [-0.39, 0.29) is 12.1 Å². The zero-order chi connectivity index (χ0) is 16.1. The second-order valence-corrected chi connectivity index (χ2v) is 6.05. The van der Waals surface area contributed by atoms with Gasteiger partial charge in [0.25, 0.3) is 0 Å². The molecular formula is C18H24N4O. The molecule has 1 aliphatic heterocycles. The molecule has 3 rings (SSSR count). The Labute approximate surface area is 137 Å². The van der Waals surface area contributed by atoms with Crippen LogP contribution < -0.4 is 5.32 Å². The molecule has 122 valence electrons. The highest BCUT2D eigenvalue weighted by molar-refractivity contribution is 5.90. The van der Waals surface area contributed by atoms with Gasteiger partial charge in [0.15, 0.2) is 0 Å². The zero-order valence-electron chi connectivity index (χ0n) is 13.6. The van der Waals surface area contributed by atoms with Crippen molar-refractivity contribution in [1.82, 2.24) is 14.7 Å². The molecule has 0 spiro atoms. The smallest absolute Gasteiger partial charge is 0.320 e. The second-order valence-electron chi connectivity index (χ2n) is 6.05. The molecular weight excluding hydrogens is 288 g/mol. The molecule has 2 aromatic rings. The summed E-state index contributed by atoms with van der Waals surface area (Å²) < 4.78 is 1.90. The summed E-state index contributed by atoms with van der Waals surface area (Å²) in [5, 5.41) is 7.36. The number of aromatic nitrogens is 2. The summed E-state index contributed by atoms with van der Waals surface area (Å²) in [6, 6.07) is 10.2. The van der Waals surface area contributed by atoms with E-state index in [0.717, 1.165) is 44.5 Å². The molecule has 0 bridgehead atoms. The average molecular weight is 312 g/mol. The number of hydrogen-bond donors (Lipinski definition) is 1. The Balaban J connectivity index is 1.67. The van der Waals surface area contributed by atoms with Crippen molar-refractivity contribution >= 4 is 11.7 Å². The Hall–Kier alpha value is -2.30. The molecule has 2 amide bonds. The van der Waals surface area contributed by atoms with Crippen molar-refractivity contribution < 1.29 is 4.79 Å². The number of rotatable bonds is 5. The minimum absolute atomic E-state index is 0.00297. The largest absolute Gasteiger partial charge is 0.322 e. The van der Waals surface area contributed by atoms with E-state index >= 15 is 0 Å². The number of carbonyl (C=O) groups excluding carboxylic acids is 1. The molecule has 1 fully saturated rings. The minimum Gasteiger partial charge on any atom is -0.320 e. The van der Waals surface area contributed by atoms with E-state index in [1.807, 2.05) is 40.0 Å². The number of amides is 2. The molecule has 1 aromatic carbocycles. The van der Waals surface area contributed by atoms with Gasteiger partial charge in [-0.25, -0.2) is 4.79 Å². The fourth-order valence-corrected chi connectivity index (χ4v) is 3.23. The van der Waals surface area contributed by atoms with E-state index in [0.29, 0.717) is 0 Å². The summed E-state index contributed by atoms with van der Waals surface area (Å²) >= 11 is 0. The molecule has 23 heavy (non-hydrogen) atoms. The Bertz CT molecular complexity index is 638. The Kier molecular flexibility index (Phi) is 4.95. The van der Waals surface area contributed by atoms with Gasteiger partial charge in [-0.3, -0.25) is 4.68 Å². The second kappa shape index (κ2) is 7.31. The molecule has 1 aliphatic rings. The first-order chi connectivity index (χ1) is 11.3. The van der Waals surface area contributed by atoms with Crippen molar-refractivity contribution in [3.63, 3.8) is 0 Å². The van der Waals surface area contributed by atoms with Crippen LogP contribution in [0.1, 0.15) is 31.7 Å². The van der Waals surface area contributed by atoms with Crippen LogP contribution in [0.3, 0.4) is 0 Å². The van der Waals surface area contributed by atoms with E-state index in [1.54, 1.807) is 6.20 Å². The molecule has 0 aliphatic carbocycles. The third kappa shape index (κ3) is 3.73. The van der Waals surface area contributed by atoms with Gasteiger partial charge in [0, 0.05) is 24.6 Å². The highest BCUT2D eigenvalue weighted by atomic mass is 16.2. The van der Waals surface area contributed by atoms with Crippen LogP contribution in [-0.4, -0.2) is 33.3 Å². The van der Waals surface area contributed by atoms with E-state index in [4.69, 9.17) is 0 Å². The number of carbonyl (C=O) groups is 1. The lowest BCUT2D eigenvalue weighted by molar-refractivity contribution is 0.199. The number of nitrogens with one attached hydrogen (secondary N) is 1. The van der Waals surface area contributed by atoms with E-state index in [9.17, 15) is 4.79 Å². The normalized spacial score (nSPS) is 17.4. The van der Waals surface area contributed by atoms with Crippen molar-refractivity contribution in [3.05, 3.63) is 48.3 Å².